The highest BCUT2D eigenvalue weighted by atomic mass is 79.9. The molecule has 0 heterocycles. The van der Waals surface area contributed by atoms with Gasteiger partial charge in [-0.3, -0.25) is 14.4 Å². The van der Waals surface area contributed by atoms with E-state index in [4.69, 9.17) is 0 Å². The molecule has 0 radical (unpaired) electrons. The molecule has 130 valence electrons. The molecule has 0 spiro atoms. The third-order valence-electron chi connectivity index (χ3n) is 3.17. The maximum absolute atomic E-state index is 11.9. The van der Waals surface area contributed by atoms with Crippen LogP contribution in [0.2, 0.25) is 0 Å². The Balaban J connectivity index is 1.71. The average molecular weight is 421 g/mol. The molecule has 0 saturated carbocycles. The molecular formula is C18H17BrN2O3S. The molecule has 2 aromatic rings. The molecule has 0 aliphatic heterocycles. The number of nitrogens with one attached hydrogen (secondary N) is 2. The number of hydrogen-bond donors (Lipinski definition) is 2. The molecule has 0 atom stereocenters. The molecule has 0 fully saturated rings. The summed E-state index contributed by atoms with van der Waals surface area (Å²) in [5, 5.41) is 5.49. The zero-order chi connectivity index (χ0) is 18.2. The maximum atomic E-state index is 11.9. The first kappa shape index (κ1) is 19.2. The molecular weight excluding hydrogens is 404 g/mol. The van der Waals surface area contributed by atoms with E-state index < -0.39 is 0 Å². The normalized spacial score (nSPS) is 10.2. The number of hydrogen-bond acceptors (Lipinski definition) is 4. The van der Waals surface area contributed by atoms with Gasteiger partial charge in [-0.15, -0.1) is 11.8 Å². The van der Waals surface area contributed by atoms with Crippen LogP contribution in [0.5, 0.6) is 0 Å². The second-order valence-electron chi connectivity index (χ2n) is 5.23. The highest BCUT2D eigenvalue weighted by Crippen LogP contribution is 2.15. The van der Waals surface area contributed by atoms with E-state index >= 15 is 0 Å². The van der Waals surface area contributed by atoms with Crippen molar-refractivity contribution in [1.29, 1.82) is 0 Å². The minimum atomic E-state index is -0.197. The quantitative estimate of drug-likeness (QED) is 0.664. The van der Waals surface area contributed by atoms with Gasteiger partial charge in [-0.05, 0) is 55.5 Å². The summed E-state index contributed by atoms with van der Waals surface area (Å²) < 4.78 is 0.938. The van der Waals surface area contributed by atoms with Gasteiger partial charge in [-0.2, -0.15) is 0 Å². The van der Waals surface area contributed by atoms with Gasteiger partial charge in [-0.25, -0.2) is 0 Å². The third kappa shape index (κ3) is 6.72. The summed E-state index contributed by atoms with van der Waals surface area (Å²) in [6.07, 6.45) is 0. The van der Waals surface area contributed by atoms with Gasteiger partial charge in [0.25, 0.3) is 0 Å². The first-order valence-electron chi connectivity index (χ1n) is 7.48. The summed E-state index contributed by atoms with van der Waals surface area (Å²) in [5.41, 5.74) is 1.93. The number of rotatable bonds is 7. The topological polar surface area (TPSA) is 75.3 Å². The Morgan fingerprint density at radius 2 is 1.28 bits per heavy atom. The lowest BCUT2D eigenvalue weighted by atomic mass is 10.1. The van der Waals surface area contributed by atoms with Gasteiger partial charge in [-0.1, -0.05) is 15.9 Å². The molecule has 2 amide bonds. The van der Waals surface area contributed by atoms with Crippen molar-refractivity contribution in [3.05, 3.63) is 58.6 Å². The molecule has 5 nitrogen and oxygen atoms in total. The van der Waals surface area contributed by atoms with E-state index in [1.54, 1.807) is 36.4 Å². The summed E-state index contributed by atoms with van der Waals surface area (Å²) in [5.74, 6) is -0.0252. The smallest absolute Gasteiger partial charge is 0.234 e. The molecule has 0 aromatic heterocycles. The minimum absolute atomic E-state index is 0.0229. The molecule has 0 aliphatic rings. The predicted octanol–water partition coefficient (Wildman–Crippen LogP) is 3.96. The standard InChI is InChI=1S/C18H17BrN2O3S/c1-12(22)13-2-6-15(7-3-13)20-17(23)10-25-11-18(24)21-16-8-4-14(19)5-9-16/h2-9H,10-11H2,1H3,(H,20,23)(H,21,24). The molecule has 2 aromatic carbocycles. The lowest BCUT2D eigenvalue weighted by Crippen LogP contribution is -2.18. The van der Waals surface area contributed by atoms with Gasteiger partial charge in [0.1, 0.15) is 0 Å². The van der Waals surface area contributed by atoms with E-state index in [0.717, 1.165) is 4.47 Å². The number of benzene rings is 2. The second kappa shape index (κ2) is 9.39. The van der Waals surface area contributed by atoms with Gasteiger partial charge >= 0.3 is 0 Å². The molecule has 7 heteroatoms. The number of carbonyl (C=O) groups is 3. The van der Waals surface area contributed by atoms with Crippen LogP contribution in [0.3, 0.4) is 0 Å². The second-order valence-corrected chi connectivity index (χ2v) is 7.13. The lowest BCUT2D eigenvalue weighted by Gasteiger charge is -2.07. The Morgan fingerprint density at radius 1 is 0.840 bits per heavy atom. The first-order chi connectivity index (χ1) is 11.9. The number of halogens is 1. The highest BCUT2D eigenvalue weighted by molar-refractivity contribution is 9.10. The van der Waals surface area contributed by atoms with E-state index in [0.29, 0.717) is 16.9 Å². The largest absolute Gasteiger partial charge is 0.325 e. The Bertz CT molecular complexity index is 761. The van der Waals surface area contributed by atoms with Crippen LogP contribution in [0.25, 0.3) is 0 Å². The Labute approximate surface area is 158 Å². The van der Waals surface area contributed by atoms with Crippen molar-refractivity contribution in [3.63, 3.8) is 0 Å². The van der Waals surface area contributed by atoms with Gasteiger partial charge in [0.05, 0.1) is 11.5 Å². The summed E-state index contributed by atoms with van der Waals surface area (Å²) in [6, 6.07) is 14.0. The monoisotopic (exact) mass is 420 g/mol. The molecule has 0 bridgehead atoms. The van der Waals surface area contributed by atoms with Crippen molar-refractivity contribution in [2.75, 3.05) is 22.1 Å². The molecule has 0 aliphatic carbocycles. The van der Waals surface area contributed by atoms with Crippen LogP contribution in [0, 0.1) is 0 Å². The van der Waals surface area contributed by atoms with Crippen LogP contribution in [0.1, 0.15) is 17.3 Å². The van der Waals surface area contributed by atoms with Crippen molar-refractivity contribution in [3.8, 4) is 0 Å². The SMILES string of the molecule is CC(=O)c1ccc(NC(=O)CSCC(=O)Nc2ccc(Br)cc2)cc1. The number of anilines is 2. The van der Waals surface area contributed by atoms with Gasteiger partial charge < -0.3 is 10.6 Å². The summed E-state index contributed by atoms with van der Waals surface area (Å²) >= 11 is 4.56. The summed E-state index contributed by atoms with van der Waals surface area (Å²) in [7, 11) is 0. The number of carbonyl (C=O) groups excluding carboxylic acids is 3. The lowest BCUT2D eigenvalue weighted by molar-refractivity contribution is -0.114. The number of ketones is 1. The van der Waals surface area contributed by atoms with Gasteiger partial charge in [0.2, 0.25) is 11.8 Å². The van der Waals surface area contributed by atoms with E-state index in [-0.39, 0.29) is 29.1 Å². The summed E-state index contributed by atoms with van der Waals surface area (Å²) in [6.45, 7) is 1.49. The van der Waals surface area contributed by atoms with Crippen molar-refractivity contribution < 1.29 is 14.4 Å². The third-order valence-corrected chi connectivity index (χ3v) is 4.63. The van der Waals surface area contributed by atoms with Crippen LogP contribution < -0.4 is 10.6 Å². The van der Waals surface area contributed by atoms with E-state index in [1.807, 2.05) is 12.1 Å². The first-order valence-corrected chi connectivity index (χ1v) is 9.43. The van der Waals surface area contributed by atoms with Crippen molar-refractivity contribution in [2.24, 2.45) is 0 Å². The molecule has 25 heavy (non-hydrogen) atoms. The fraction of sp³-hybridized carbons (Fsp3) is 0.167. The van der Waals surface area contributed by atoms with E-state index in [1.165, 1.54) is 18.7 Å². The zero-order valence-electron chi connectivity index (χ0n) is 13.5. The van der Waals surface area contributed by atoms with Crippen molar-refractivity contribution in [2.45, 2.75) is 6.92 Å². The fourth-order valence-corrected chi connectivity index (χ4v) is 2.83. The van der Waals surface area contributed by atoms with Crippen LogP contribution in [-0.2, 0) is 9.59 Å². The van der Waals surface area contributed by atoms with Crippen LogP contribution in [0.15, 0.2) is 53.0 Å². The number of amides is 2. The van der Waals surface area contributed by atoms with Crippen LogP contribution >= 0.6 is 27.7 Å². The van der Waals surface area contributed by atoms with Gasteiger partial charge in [0, 0.05) is 21.4 Å². The fourth-order valence-electron chi connectivity index (χ4n) is 1.95. The van der Waals surface area contributed by atoms with Crippen LogP contribution in [-0.4, -0.2) is 29.1 Å². The molecule has 2 rings (SSSR count). The van der Waals surface area contributed by atoms with Gasteiger partial charge in [0.15, 0.2) is 5.78 Å². The average Bonchev–Trinajstić information content (AvgIpc) is 2.57. The highest BCUT2D eigenvalue weighted by Gasteiger charge is 2.07. The predicted molar refractivity (Wildman–Crippen MR) is 105 cm³/mol. The Hall–Kier alpha value is -2.12. The van der Waals surface area contributed by atoms with Crippen molar-refractivity contribution in [1.82, 2.24) is 0 Å². The van der Waals surface area contributed by atoms with E-state index in [2.05, 4.69) is 26.6 Å². The maximum Gasteiger partial charge on any atom is 0.234 e. The van der Waals surface area contributed by atoms with Crippen LogP contribution in [0.4, 0.5) is 11.4 Å². The van der Waals surface area contributed by atoms with E-state index in [9.17, 15) is 14.4 Å². The number of thioether (sulfide) groups is 1. The number of Topliss-reactive ketones (excluding diaryl/α,β-unsaturated/α-hetero) is 1. The molecule has 0 saturated heterocycles. The van der Waals surface area contributed by atoms with Crippen molar-refractivity contribution >= 4 is 56.7 Å². The summed E-state index contributed by atoms with van der Waals surface area (Å²) in [4.78, 5) is 34.9. The minimum Gasteiger partial charge on any atom is -0.325 e. The Kier molecular flexibility index (Phi) is 7.21. The Morgan fingerprint density at radius 3 is 1.72 bits per heavy atom. The molecule has 2 N–H and O–H groups in total. The zero-order valence-corrected chi connectivity index (χ0v) is 15.9. The molecule has 0 unspecified atom stereocenters.